The van der Waals surface area contributed by atoms with Crippen LogP contribution in [0.2, 0.25) is 0 Å². The van der Waals surface area contributed by atoms with Crippen LogP contribution in [0.4, 0.5) is 0 Å². The molecule has 0 fully saturated rings. The second-order valence-electron chi connectivity index (χ2n) is 3.95. The fraction of sp³-hybridized carbons (Fsp3) is 0.909. The second-order valence-corrected chi connectivity index (χ2v) is 3.95. The van der Waals surface area contributed by atoms with Crippen molar-refractivity contribution in [1.82, 2.24) is 5.32 Å². The van der Waals surface area contributed by atoms with E-state index in [0.29, 0.717) is 6.42 Å². The van der Waals surface area contributed by atoms with Crippen LogP contribution in [-0.2, 0) is 9.53 Å². The molecule has 0 amide bonds. The highest BCUT2D eigenvalue weighted by Crippen LogP contribution is 1.98. The summed E-state index contributed by atoms with van der Waals surface area (Å²) in [6.45, 7) is 8.88. The van der Waals surface area contributed by atoms with Crippen LogP contribution in [0.15, 0.2) is 0 Å². The summed E-state index contributed by atoms with van der Waals surface area (Å²) in [6.07, 6.45) is 2.78. The Labute approximate surface area is 87.2 Å². The normalized spacial score (nSPS) is 12.9. The molecule has 1 unspecified atom stereocenters. The lowest BCUT2D eigenvalue weighted by molar-refractivity contribution is -0.147. The van der Waals surface area contributed by atoms with Gasteiger partial charge in [0.1, 0.15) is 0 Å². The maximum Gasteiger partial charge on any atom is 0.307 e. The van der Waals surface area contributed by atoms with Crippen molar-refractivity contribution >= 4 is 5.97 Å². The van der Waals surface area contributed by atoms with E-state index in [1.165, 1.54) is 6.42 Å². The molecule has 0 aromatic heterocycles. The van der Waals surface area contributed by atoms with Crippen molar-refractivity contribution in [2.24, 2.45) is 0 Å². The lowest BCUT2D eigenvalue weighted by atomic mass is 10.2. The lowest BCUT2D eigenvalue weighted by Crippen LogP contribution is -2.30. The highest BCUT2D eigenvalue weighted by molar-refractivity contribution is 5.70. The predicted molar refractivity (Wildman–Crippen MR) is 58.2 cm³/mol. The molecule has 0 bridgehead atoms. The third-order valence-corrected chi connectivity index (χ3v) is 1.86. The summed E-state index contributed by atoms with van der Waals surface area (Å²) in [6, 6.07) is 0.216. The molecule has 0 saturated carbocycles. The third-order valence-electron chi connectivity index (χ3n) is 1.86. The Morgan fingerprint density at radius 2 is 2.00 bits per heavy atom. The van der Waals surface area contributed by atoms with Crippen molar-refractivity contribution in [3.05, 3.63) is 0 Å². The Morgan fingerprint density at radius 3 is 2.50 bits per heavy atom. The minimum Gasteiger partial charge on any atom is -0.463 e. The topological polar surface area (TPSA) is 38.3 Å². The number of nitrogens with one attached hydrogen (secondary N) is 1. The first-order chi connectivity index (χ1) is 6.56. The van der Waals surface area contributed by atoms with Gasteiger partial charge in [-0.3, -0.25) is 4.79 Å². The van der Waals surface area contributed by atoms with E-state index in [1.807, 2.05) is 20.8 Å². The summed E-state index contributed by atoms with van der Waals surface area (Å²) in [5.74, 6) is -0.114. The van der Waals surface area contributed by atoms with Gasteiger partial charge in [0.15, 0.2) is 0 Å². The van der Waals surface area contributed by atoms with E-state index in [-0.39, 0.29) is 18.1 Å². The average Bonchev–Trinajstić information content (AvgIpc) is 2.02. The Hall–Kier alpha value is -0.570. The summed E-state index contributed by atoms with van der Waals surface area (Å²) in [7, 11) is 0. The van der Waals surface area contributed by atoms with Gasteiger partial charge in [0.25, 0.3) is 0 Å². The molecule has 1 N–H and O–H groups in total. The van der Waals surface area contributed by atoms with E-state index in [4.69, 9.17) is 4.74 Å². The van der Waals surface area contributed by atoms with Crippen molar-refractivity contribution in [1.29, 1.82) is 0 Å². The van der Waals surface area contributed by atoms with Gasteiger partial charge in [0.2, 0.25) is 0 Å². The van der Waals surface area contributed by atoms with Crippen molar-refractivity contribution in [2.45, 2.75) is 59.1 Å². The van der Waals surface area contributed by atoms with E-state index in [1.54, 1.807) is 0 Å². The smallest absolute Gasteiger partial charge is 0.307 e. The monoisotopic (exact) mass is 201 g/mol. The molecule has 0 rings (SSSR count). The number of carbonyl (C=O) groups is 1. The molecule has 0 spiro atoms. The molecule has 0 heterocycles. The van der Waals surface area contributed by atoms with Gasteiger partial charge in [-0.05, 0) is 33.7 Å². The number of hydrogen-bond donors (Lipinski definition) is 1. The van der Waals surface area contributed by atoms with Gasteiger partial charge in [0.05, 0.1) is 12.5 Å². The first kappa shape index (κ1) is 13.4. The number of rotatable bonds is 7. The van der Waals surface area contributed by atoms with Gasteiger partial charge in [-0.1, -0.05) is 13.3 Å². The summed E-state index contributed by atoms with van der Waals surface area (Å²) >= 11 is 0. The summed E-state index contributed by atoms with van der Waals surface area (Å²) < 4.78 is 5.05. The standard InChI is InChI=1S/C11H23NO2/c1-5-6-7-12-10(4)8-11(13)14-9(2)3/h9-10,12H,5-8H2,1-4H3. The molecular weight excluding hydrogens is 178 g/mol. The van der Waals surface area contributed by atoms with Crippen LogP contribution >= 0.6 is 0 Å². The van der Waals surface area contributed by atoms with Crippen molar-refractivity contribution in [3.63, 3.8) is 0 Å². The summed E-state index contributed by atoms with van der Waals surface area (Å²) in [5.41, 5.74) is 0. The quantitative estimate of drug-likeness (QED) is 0.506. The zero-order chi connectivity index (χ0) is 11.0. The first-order valence-corrected chi connectivity index (χ1v) is 5.49. The molecule has 1 atom stereocenters. The van der Waals surface area contributed by atoms with Gasteiger partial charge < -0.3 is 10.1 Å². The van der Waals surface area contributed by atoms with Crippen molar-refractivity contribution in [3.8, 4) is 0 Å². The Bertz CT molecular complexity index is 157. The molecule has 84 valence electrons. The lowest BCUT2D eigenvalue weighted by Gasteiger charge is -2.14. The highest BCUT2D eigenvalue weighted by atomic mass is 16.5. The molecule has 0 aliphatic rings. The SMILES string of the molecule is CCCCNC(C)CC(=O)OC(C)C. The molecule has 0 aromatic rings. The Balaban J connectivity index is 3.50. The predicted octanol–water partition coefficient (Wildman–Crippen LogP) is 2.11. The Kier molecular flexibility index (Phi) is 7.48. The van der Waals surface area contributed by atoms with Gasteiger partial charge in [-0.2, -0.15) is 0 Å². The number of hydrogen-bond acceptors (Lipinski definition) is 3. The van der Waals surface area contributed by atoms with Crippen LogP contribution in [0.25, 0.3) is 0 Å². The van der Waals surface area contributed by atoms with E-state index >= 15 is 0 Å². The molecule has 14 heavy (non-hydrogen) atoms. The highest BCUT2D eigenvalue weighted by Gasteiger charge is 2.10. The minimum absolute atomic E-state index is 0.00894. The maximum absolute atomic E-state index is 11.2. The summed E-state index contributed by atoms with van der Waals surface area (Å²) in [5, 5.41) is 3.29. The number of unbranched alkanes of at least 4 members (excludes halogenated alkanes) is 1. The van der Waals surface area contributed by atoms with Crippen LogP contribution in [-0.4, -0.2) is 24.7 Å². The third kappa shape index (κ3) is 8.05. The molecule has 0 aromatic carbocycles. The van der Waals surface area contributed by atoms with Crippen LogP contribution in [0.3, 0.4) is 0 Å². The number of carbonyl (C=O) groups excluding carboxylic acids is 1. The first-order valence-electron chi connectivity index (χ1n) is 5.49. The molecule has 0 saturated heterocycles. The fourth-order valence-corrected chi connectivity index (χ4v) is 1.16. The van der Waals surface area contributed by atoms with Crippen LogP contribution in [0, 0.1) is 0 Å². The van der Waals surface area contributed by atoms with E-state index in [2.05, 4.69) is 12.2 Å². The minimum atomic E-state index is -0.114. The van der Waals surface area contributed by atoms with E-state index < -0.39 is 0 Å². The number of esters is 1. The van der Waals surface area contributed by atoms with Gasteiger partial charge in [0, 0.05) is 6.04 Å². The van der Waals surface area contributed by atoms with Crippen molar-refractivity contribution < 1.29 is 9.53 Å². The van der Waals surface area contributed by atoms with E-state index in [0.717, 1.165) is 13.0 Å². The molecule has 0 aliphatic heterocycles. The molecule has 0 aliphatic carbocycles. The molecule has 3 heteroatoms. The van der Waals surface area contributed by atoms with Crippen LogP contribution in [0.5, 0.6) is 0 Å². The maximum atomic E-state index is 11.2. The zero-order valence-electron chi connectivity index (χ0n) is 9.80. The zero-order valence-corrected chi connectivity index (χ0v) is 9.80. The van der Waals surface area contributed by atoms with Crippen LogP contribution in [0.1, 0.15) is 47.0 Å². The van der Waals surface area contributed by atoms with Crippen LogP contribution < -0.4 is 5.32 Å². The number of ether oxygens (including phenoxy) is 1. The average molecular weight is 201 g/mol. The molecule has 3 nitrogen and oxygen atoms in total. The second kappa shape index (κ2) is 7.80. The van der Waals surface area contributed by atoms with Crippen molar-refractivity contribution in [2.75, 3.05) is 6.54 Å². The largest absolute Gasteiger partial charge is 0.463 e. The molecular formula is C11H23NO2. The van der Waals surface area contributed by atoms with Gasteiger partial charge in [-0.15, -0.1) is 0 Å². The van der Waals surface area contributed by atoms with Gasteiger partial charge in [-0.25, -0.2) is 0 Å². The molecule has 0 radical (unpaired) electrons. The van der Waals surface area contributed by atoms with E-state index in [9.17, 15) is 4.79 Å². The summed E-state index contributed by atoms with van der Waals surface area (Å²) in [4.78, 5) is 11.2. The fourth-order valence-electron chi connectivity index (χ4n) is 1.16. The van der Waals surface area contributed by atoms with Gasteiger partial charge >= 0.3 is 5.97 Å². The Morgan fingerprint density at radius 1 is 1.36 bits per heavy atom.